The number of hydrogen-bond donors (Lipinski definition) is 1. The maximum Gasteiger partial charge on any atom is 0.176 e. The Balaban J connectivity index is 2.40. The first-order valence-corrected chi connectivity index (χ1v) is 5.15. The Bertz CT molecular complexity index is 322. The summed E-state index contributed by atoms with van der Waals surface area (Å²) in [4.78, 5) is 11.7. The molecule has 0 bridgehead atoms. The van der Waals surface area contributed by atoms with Gasteiger partial charge in [-0.3, -0.25) is 4.79 Å². The van der Waals surface area contributed by atoms with Crippen molar-refractivity contribution in [1.29, 1.82) is 0 Å². The van der Waals surface area contributed by atoms with Gasteiger partial charge in [-0.2, -0.15) is 0 Å². The number of benzene rings is 1. The summed E-state index contributed by atoms with van der Waals surface area (Å²) in [6.45, 7) is 1.62. The average molecular weight is 223 g/mol. The lowest BCUT2D eigenvalue weighted by molar-refractivity contribution is 0.0987. The highest BCUT2D eigenvalue weighted by Crippen LogP contribution is 2.11. The van der Waals surface area contributed by atoms with Gasteiger partial charge in [-0.05, 0) is 24.3 Å². The van der Waals surface area contributed by atoms with Gasteiger partial charge in [0.15, 0.2) is 5.78 Å². The molecule has 1 N–H and O–H groups in total. The van der Waals surface area contributed by atoms with E-state index in [1.54, 1.807) is 38.5 Å². The first-order valence-electron chi connectivity index (χ1n) is 5.15. The summed E-state index contributed by atoms with van der Waals surface area (Å²) in [5.74, 6) is 0.822. The van der Waals surface area contributed by atoms with E-state index < -0.39 is 0 Å². The van der Waals surface area contributed by atoms with Crippen LogP contribution >= 0.6 is 0 Å². The normalized spacial score (nSPS) is 10.1. The number of carbonyl (C=O) groups is 1. The molecule has 1 aromatic carbocycles. The zero-order valence-electron chi connectivity index (χ0n) is 9.66. The molecule has 88 valence electrons. The molecule has 0 unspecified atom stereocenters. The van der Waals surface area contributed by atoms with Crippen molar-refractivity contribution in [3.05, 3.63) is 29.8 Å². The molecule has 0 radical (unpaired) electrons. The first kappa shape index (κ1) is 12.7. The largest absolute Gasteiger partial charge is 0.497 e. The van der Waals surface area contributed by atoms with Gasteiger partial charge in [0.05, 0.1) is 20.3 Å². The predicted molar refractivity (Wildman–Crippen MR) is 62.1 cm³/mol. The minimum atomic E-state index is 0.0683. The number of nitrogens with one attached hydrogen (secondary N) is 1. The number of hydrogen-bond acceptors (Lipinski definition) is 4. The van der Waals surface area contributed by atoms with E-state index in [0.29, 0.717) is 25.3 Å². The zero-order valence-corrected chi connectivity index (χ0v) is 9.66. The van der Waals surface area contributed by atoms with Crippen LogP contribution in [0.3, 0.4) is 0 Å². The van der Waals surface area contributed by atoms with Gasteiger partial charge in [0, 0.05) is 19.2 Å². The second kappa shape index (κ2) is 6.98. The Morgan fingerprint density at radius 2 is 1.94 bits per heavy atom. The monoisotopic (exact) mass is 223 g/mol. The SMILES string of the molecule is COCCNCC(=O)c1ccc(OC)cc1. The van der Waals surface area contributed by atoms with E-state index in [4.69, 9.17) is 9.47 Å². The fourth-order valence-corrected chi connectivity index (χ4v) is 1.26. The second-order valence-electron chi connectivity index (χ2n) is 3.32. The van der Waals surface area contributed by atoms with Crippen LogP contribution in [-0.4, -0.2) is 39.7 Å². The van der Waals surface area contributed by atoms with Crippen molar-refractivity contribution in [3.63, 3.8) is 0 Å². The summed E-state index contributed by atoms with van der Waals surface area (Å²) in [5.41, 5.74) is 0.686. The maximum atomic E-state index is 11.7. The Hall–Kier alpha value is -1.39. The topological polar surface area (TPSA) is 47.6 Å². The molecule has 0 aliphatic carbocycles. The van der Waals surface area contributed by atoms with E-state index in [-0.39, 0.29) is 5.78 Å². The summed E-state index contributed by atoms with van der Waals surface area (Å²) in [6.07, 6.45) is 0. The highest BCUT2D eigenvalue weighted by atomic mass is 16.5. The number of ether oxygens (including phenoxy) is 2. The van der Waals surface area contributed by atoms with Gasteiger partial charge in [0.2, 0.25) is 0 Å². The lowest BCUT2D eigenvalue weighted by atomic mass is 10.1. The van der Waals surface area contributed by atoms with Crippen LogP contribution in [0, 0.1) is 0 Å². The van der Waals surface area contributed by atoms with Gasteiger partial charge < -0.3 is 14.8 Å². The first-order chi connectivity index (χ1) is 7.77. The molecule has 0 spiro atoms. The van der Waals surface area contributed by atoms with Crippen LogP contribution in [0.1, 0.15) is 10.4 Å². The van der Waals surface area contributed by atoms with Crippen LogP contribution in [0.2, 0.25) is 0 Å². The van der Waals surface area contributed by atoms with Crippen molar-refractivity contribution in [1.82, 2.24) is 5.32 Å². The minimum Gasteiger partial charge on any atom is -0.497 e. The predicted octanol–water partition coefficient (Wildman–Crippen LogP) is 1.11. The average Bonchev–Trinajstić information content (AvgIpc) is 2.34. The molecule has 0 aromatic heterocycles. The van der Waals surface area contributed by atoms with E-state index in [9.17, 15) is 4.79 Å². The molecule has 1 aromatic rings. The van der Waals surface area contributed by atoms with Gasteiger partial charge in [-0.15, -0.1) is 0 Å². The van der Waals surface area contributed by atoms with E-state index in [2.05, 4.69) is 5.32 Å². The van der Waals surface area contributed by atoms with Gasteiger partial charge >= 0.3 is 0 Å². The third kappa shape index (κ3) is 4.00. The molecule has 16 heavy (non-hydrogen) atoms. The molecule has 0 aliphatic heterocycles. The fourth-order valence-electron chi connectivity index (χ4n) is 1.26. The summed E-state index contributed by atoms with van der Waals surface area (Å²) in [5, 5.41) is 3.01. The van der Waals surface area contributed by atoms with Crippen molar-refractivity contribution in [3.8, 4) is 5.75 Å². The molecule has 0 atom stereocenters. The zero-order chi connectivity index (χ0) is 11.8. The number of methoxy groups -OCH3 is 2. The smallest absolute Gasteiger partial charge is 0.176 e. The lowest BCUT2D eigenvalue weighted by Gasteiger charge is -2.04. The highest BCUT2D eigenvalue weighted by molar-refractivity contribution is 5.97. The lowest BCUT2D eigenvalue weighted by Crippen LogP contribution is -2.26. The fraction of sp³-hybridized carbons (Fsp3) is 0.417. The van der Waals surface area contributed by atoms with E-state index in [1.165, 1.54) is 0 Å². The molecule has 0 amide bonds. The second-order valence-corrected chi connectivity index (χ2v) is 3.32. The number of carbonyl (C=O) groups excluding carboxylic acids is 1. The maximum absolute atomic E-state index is 11.7. The van der Waals surface area contributed by atoms with E-state index >= 15 is 0 Å². The molecule has 0 heterocycles. The molecular formula is C12H17NO3. The molecule has 4 nitrogen and oxygen atoms in total. The molecule has 0 saturated carbocycles. The molecule has 0 aliphatic rings. The Morgan fingerprint density at radius 1 is 1.25 bits per heavy atom. The molecular weight excluding hydrogens is 206 g/mol. The van der Waals surface area contributed by atoms with Crippen molar-refractivity contribution >= 4 is 5.78 Å². The third-order valence-corrected chi connectivity index (χ3v) is 2.18. The number of ketones is 1. The van der Waals surface area contributed by atoms with Gasteiger partial charge in [-0.1, -0.05) is 0 Å². The number of rotatable bonds is 7. The van der Waals surface area contributed by atoms with Gasteiger partial charge in [-0.25, -0.2) is 0 Å². The summed E-state index contributed by atoms with van der Waals surface area (Å²) in [7, 11) is 3.23. The summed E-state index contributed by atoms with van der Waals surface area (Å²) >= 11 is 0. The van der Waals surface area contributed by atoms with E-state index in [0.717, 1.165) is 5.75 Å². The van der Waals surface area contributed by atoms with Crippen molar-refractivity contribution in [2.75, 3.05) is 33.9 Å². The Morgan fingerprint density at radius 3 is 2.50 bits per heavy atom. The third-order valence-electron chi connectivity index (χ3n) is 2.18. The van der Waals surface area contributed by atoms with Crippen molar-refractivity contribution < 1.29 is 14.3 Å². The minimum absolute atomic E-state index is 0.0683. The summed E-state index contributed by atoms with van der Waals surface area (Å²) in [6, 6.07) is 7.09. The molecule has 4 heteroatoms. The molecule has 0 saturated heterocycles. The van der Waals surface area contributed by atoms with Crippen LogP contribution < -0.4 is 10.1 Å². The van der Waals surface area contributed by atoms with Crippen LogP contribution in [0.5, 0.6) is 5.75 Å². The van der Waals surface area contributed by atoms with Crippen molar-refractivity contribution in [2.24, 2.45) is 0 Å². The Kier molecular flexibility index (Phi) is 5.53. The number of Topliss-reactive ketones (excluding diaryl/α,β-unsaturated/α-hetero) is 1. The highest BCUT2D eigenvalue weighted by Gasteiger charge is 2.04. The van der Waals surface area contributed by atoms with Crippen LogP contribution in [0.4, 0.5) is 0 Å². The van der Waals surface area contributed by atoms with Gasteiger partial charge in [0.1, 0.15) is 5.75 Å². The van der Waals surface area contributed by atoms with Crippen LogP contribution in [-0.2, 0) is 4.74 Å². The summed E-state index contributed by atoms with van der Waals surface area (Å²) < 4.78 is 9.89. The van der Waals surface area contributed by atoms with Gasteiger partial charge in [0.25, 0.3) is 0 Å². The molecule has 1 rings (SSSR count). The van der Waals surface area contributed by atoms with Crippen LogP contribution in [0.15, 0.2) is 24.3 Å². The quantitative estimate of drug-likeness (QED) is 0.555. The van der Waals surface area contributed by atoms with Crippen LogP contribution in [0.25, 0.3) is 0 Å². The molecule has 0 fully saturated rings. The standard InChI is InChI=1S/C12H17NO3/c1-15-8-7-13-9-12(14)10-3-5-11(16-2)6-4-10/h3-6,13H,7-9H2,1-2H3. The van der Waals surface area contributed by atoms with Crippen molar-refractivity contribution in [2.45, 2.75) is 0 Å². The Labute approximate surface area is 95.6 Å². The van der Waals surface area contributed by atoms with E-state index in [1.807, 2.05) is 0 Å².